The predicted octanol–water partition coefficient (Wildman–Crippen LogP) is 3.56. The molecular weight excluding hydrogens is 326 g/mol. The summed E-state index contributed by atoms with van der Waals surface area (Å²) >= 11 is 0. The smallest absolute Gasteiger partial charge is 0.252 e. The highest BCUT2D eigenvalue weighted by Gasteiger charge is 2.14. The van der Waals surface area contributed by atoms with Crippen molar-refractivity contribution in [3.8, 4) is 23.1 Å². The summed E-state index contributed by atoms with van der Waals surface area (Å²) < 4.78 is 5.03. The zero-order valence-corrected chi connectivity index (χ0v) is 14.3. The molecule has 1 aromatic heterocycles. The van der Waals surface area contributed by atoms with Gasteiger partial charge in [0.05, 0.1) is 18.7 Å². The Morgan fingerprint density at radius 3 is 2.50 bits per heavy atom. The number of hydrogen-bond acceptors (Lipinski definition) is 4. The molecule has 0 aliphatic carbocycles. The van der Waals surface area contributed by atoms with Crippen molar-refractivity contribution in [3.63, 3.8) is 0 Å². The molecule has 3 aromatic rings. The molecule has 3 rings (SSSR count). The van der Waals surface area contributed by atoms with E-state index in [2.05, 4.69) is 16.4 Å². The maximum absolute atomic E-state index is 12.7. The standard InChI is InChI=1S/C21H17N3O2/c1-26-20-11-10-15(13-23-20)14-24-21(25)19-9-5-4-8-18(19)17-7-3-2-6-16(17)12-22/h2-11,13H,14H2,1H3,(H,24,25). The van der Waals surface area contributed by atoms with Gasteiger partial charge in [-0.25, -0.2) is 4.98 Å². The van der Waals surface area contributed by atoms with Gasteiger partial charge in [0, 0.05) is 29.9 Å². The zero-order valence-electron chi connectivity index (χ0n) is 14.3. The Kier molecular flexibility index (Phi) is 5.25. The normalized spacial score (nSPS) is 10.0. The van der Waals surface area contributed by atoms with Crippen LogP contribution >= 0.6 is 0 Å². The van der Waals surface area contributed by atoms with Crippen molar-refractivity contribution in [2.45, 2.75) is 6.54 Å². The van der Waals surface area contributed by atoms with Gasteiger partial charge < -0.3 is 10.1 Å². The second-order valence-corrected chi connectivity index (χ2v) is 5.59. The van der Waals surface area contributed by atoms with Gasteiger partial charge in [0.1, 0.15) is 0 Å². The second kappa shape index (κ2) is 7.95. The molecule has 0 unspecified atom stereocenters. The van der Waals surface area contributed by atoms with Crippen LogP contribution in [0.4, 0.5) is 0 Å². The van der Waals surface area contributed by atoms with Crippen LogP contribution in [0.15, 0.2) is 66.9 Å². The lowest BCUT2D eigenvalue weighted by molar-refractivity contribution is 0.0951. The number of benzene rings is 2. The van der Waals surface area contributed by atoms with E-state index >= 15 is 0 Å². The summed E-state index contributed by atoms with van der Waals surface area (Å²) in [7, 11) is 1.56. The lowest BCUT2D eigenvalue weighted by atomic mass is 9.95. The number of carbonyl (C=O) groups excluding carboxylic acids is 1. The first-order valence-electron chi connectivity index (χ1n) is 8.08. The van der Waals surface area contributed by atoms with E-state index in [9.17, 15) is 10.1 Å². The molecule has 0 aliphatic heterocycles. The molecule has 0 saturated heterocycles. The molecule has 26 heavy (non-hydrogen) atoms. The summed E-state index contributed by atoms with van der Waals surface area (Å²) in [6, 6.07) is 20.3. The van der Waals surface area contributed by atoms with Gasteiger partial charge in [0.15, 0.2) is 0 Å². The lowest BCUT2D eigenvalue weighted by Gasteiger charge is -2.11. The molecule has 0 aliphatic rings. The van der Waals surface area contributed by atoms with Crippen LogP contribution in [0.25, 0.3) is 11.1 Å². The Bertz CT molecular complexity index is 959. The van der Waals surface area contributed by atoms with Crippen molar-refractivity contribution in [1.29, 1.82) is 5.26 Å². The van der Waals surface area contributed by atoms with Crippen LogP contribution in [0.5, 0.6) is 5.88 Å². The Hall–Kier alpha value is -3.65. The van der Waals surface area contributed by atoms with Gasteiger partial charge in [-0.05, 0) is 23.3 Å². The fourth-order valence-electron chi connectivity index (χ4n) is 2.65. The minimum Gasteiger partial charge on any atom is -0.481 e. The monoisotopic (exact) mass is 343 g/mol. The number of nitrogens with one attached hydrogen (secondary N) is 1. The van der Waals surface area contributed by atoms with Crippen LogP contribution in [0.1, 0.15) is 21.5 Å². The molecule has 5 heteroatoms. The summed E-state index contributed by atoms with van der Waals surface area (Å²) in [6.07, 6.45) is 1.66. The van der Waals surface area contributed by atoms with Crippen molar-refractivity contribution in [2.75, 3.05) is 7.11 Å². The molecule has 0 saturated carbocycles. The largest absolute Gasteiger partial charge is 0.481 e. The molecule has 1 amide bonds. The highest BCUT2D eigenvalue weighted by molar-refractivity contribution is 6.01. The van der Waals surface area contributed by atoms with Crippen LogP contribution in [-0.4, -0.2) is 18.0 Å². The molecule has 128 valence electrons. The molecule has 0 fully saturated rings. The average molecular weight is 343 g/mol. The number of carbonyl (C=O) groups is 1. The topological polar surface area (TPSA) is 75.0 Å². The molecule has 2 aromatic carbocycles. The molecule has 0 atom stereocenters. The van der Waals surface area contributed by atoms with E-state index in [1.807, 2.05) is 36.4 Å². The van der Waals surface area contributed by atoms with E-state index in [1.165, 1.54) is 0 Å². The average Bonchev–Trinajstić information content (AvgIpc) is 2.72. The van der Waals surface area contributed by atoms with Crippen LogP contribution in [0.2, 0.25) is 0 Å². The lowest BCUT2D eigenvalue weighted by Crippen LogP contribution is -2.23. The Morgan fingerprint density at radius 2 is 1.81 bits per heavy atom. The van der Waals surface area contributed by atoms with Gasteiger partial charge in [-0.3, -0.25) is 4.79 Å². The maximum Gasteiger partial charge on any atom is 0.252 e. The van der Waals surface area contributed by atoms with E-state index in [1.54, 1.807) is 37.6 Å². The predicted molar refractivity (Wildman–Crippen MR) is 98.6 cm³/mol. The summed E-state index contributed by atoms with van der Waals surface area (Å²) in [6.45, 7) is 0.351. The minimum atomic E-state index is -0.204. The van der Waals surface area contributed by atoms with Gasteiger partial charge in [-0.2, -0.15) is 5.26 Å². The number of nitriles is 1. The van der Waals surface area contributed by atoms with Gasteiger partial charge >= 0.3 is 0 Å². The first-order chi connectivity index (χ1) is 12.7. The number of rotatable bonds is 5. The third-order valence-electron chi connectivity index (χ3n) is 3.97. The van der Waals surface area contributed by atoms with Crippen LogP contribution in [0, 0.1) is 11.3 Å². The molecule has 0 spiro atoms. The molecule has 5 nitrogen and oxygen atoms in total. The highest BCUT2D eigenvalue weighted by atomic mass is 16.5. The molecule has 1 N–H and O–H groups in total. The third-order valence-corrected chi connectivity index (χ3v) is 3.97. The van der Waals surface area contributed by atoms with Crippen LogP contribution < -0.4 is 10.1 Å². The van der Waals surface area contributed by atoms with Gasteiger partial charge in [0.2, 0.25) is 5.88 Å². The van der Waals surface area contributed by atoms with E-state index in [0.717, 1.165) is 16.7 Å². The van der Waals surface area contributed by atoms with Gasteiger partial charge in [0.25, 0.3) is 5.91 Å². The number of hydrogen-bond donors (Lipinski definition) is 1. The Labute approximate surface area is 151 Å². The molecule has 1 heterocycles. The number of methoxy groups -OCH3 is 1. The number of nitrogens with zero attached hydrogens (tertiary/aromatic N) is 2. The number of ether oxygens (including phenoxy) is 1. The summed E-state index contributed by atoms with van der Waals surface area (Å²) in [5, 5.41) is 12.2. The van der Waals surface area contributed by atoms with Crippen molar-refractivity contribution in [3.05, 3.63) is 83.6 Å². The number of aromatic nitrogens is 1. The number of pyridine rings is 1. The second-order valence-electron chi connectivity index (χ2n) is 5.59. The van der Waals surface area contributed by atoms with Crippen LogP contribution in [-0.2, 0) is 6.54 Å². The zero-order chi connectivity index (χ0) is 18.4. The number of amides is 1. The Morgan fingerprint density at radius 1 is 1.08 bits per heavy atom. The molecule has 0 bridgehead atoms. The van der Waals surface area contributed by atoms with E-state index < -0.39 is 0 Å². The van der Waals surface area contributed by atoms with Gasteiger partial charge in [-0.15, -0.1) is 0 Å². The molecular formula is C21H17N3O2. The van der Waals surface area contributed by atoms with Crippen molar-refractivity contribution < 1.29 is 9.53 Å². The Balaban J connectivity index is 1.83. The van der Waals surface area contributed by atoms with E-state index in [0.29, 0.717) is 23.6 Å². The van der Waals surface area contributed by atoms with Gasteiger partial charge in [-0.1, -0.05) is 42.5 Å². The minimum absolute atomic E-state index is 0.204. The fourth-order valence-corrected chi connectivity index (χ4v) is 2.65. The van der Waals surface area contributed by atoms with E-state index in [4.69, 9.17) is 4.74 Å². The maximum atomic E-state index is 12.7. The summed E-state index contributed by atoms with van der Waals surface area (Å²) in [5.41, 5.74) is 3.40. The quantitative estimate of drug-likeness (QED) is 0.768. The fraction of sp³-hybridized carbons (Fsp3) is 0.0952. The first kappa shape index (κ1) is 17.2. The summed E-state index contributed by atoms with van der Waals surface area (Å²) in [5.74, 6) is 0.322. The summed E-state index contributed by atoms with van der Waals surface area (Å²) in [4.78, 5) is 16.8. The van der Waals surface area contributed by atoms with Crippen molar-refractivity contribution >= 4 is 5.91 Å². The highest BCUT2D eigenvalue weighted by Crippen LogP contribution is 2.26. The van der Waals surface area contributed by atoms with E-state index in [-0.39, 0.29) is 5.91 Å². The first-order valence-corrected chi connectivity index (χ1v) is 8.08. The molecule has 0 radical (unpaired) electrons. The third kappa shape index (κ3) is 3.70. The van der Waals surface area contributed by atoms with Crippen molar-refractivity contribution in [2.24, 2.45) is 0 Å². The SMILES string of the molecule is COc1ccc(CNC(=O)c2ccccc2-c2ccccc2C#N)cn1. The van der Waals surface area contributed by atoms with Crippen molar-refractivity contribution in [1.82, 2.24) is 10.3 Å². The van der Waals surface area contributed by atoms with Crippen LogP contribution in [0.3, 0.4) is 0 Å².